The quantitative estimate of drug-likeness (QED) is 0.294. The number of nitro benzene ring substituents is 1. The second-order valence-electron chi connectivity index (χ2n) is 6.11. The van der Waals surface area contributed by atoms with Crippen LogP contribution in [0.3, 0.4) is 0 Å². The summed E-state index contributed by atoms with van der Waals surface area (Å²) in [5, 5.41) is 15.6. The molecule has 0 saturated carbocycles. The van der Waals surface area contributed by atoms with Gasteiger partial charge in [-0.15, -0.1) is 11.3 Å². The largest absolute Gasteiger partial charge is 0.455 e. The van der Waals surface area contributed by atoms with Crippen LogP contribution in [-0.2, 0) is 0 Å². The third-order valence-corrected chi connectivity index (χ3v) is 5.47. The molecule has 140 valence electrons. The molecule has 9 heteroatoms. The number of thiophene rings is 1. The Kier molecular flexibility index (Phi) is 4.36. The Balaban J connectivity index is 1.65. The zero-order valence-electron chi connectivity index (χ0n) is 14.9. The molecule has 0 amide bonds. The lowest BCUT2D eigenvalue weighted by Gasteiger charge is -1.98. The molecule has 4 rings (SSSR count). The molecule has 0 bridgehead atoms. The molecule has 4 aromatic rings. The number of nitrogens with zero attached hydrogens (tertiary/aromatic N) is 4. The molecule has 3 heterocycles. The van der Waals surface area contributed by atoms with E-state index in [1.54, 1.807) is 24.3 Å². The number of rotatable bonds is 4. The van der Waals surface area contributed by atoms with Crippen LogP contribution in [0.4, 0.5) is 5.69 Å². The highest BCUT2D eigenvalue weighted by molar-refractivity contribution is 7.18. The van der Waals surface area contributed by atoms with Crippen molar-refractivity contribution in [3.05, 3.63) is 79.4 Å². The van der Waals surface area contributed by atoms with Gasteiger partial charge in [-0.1, -0.05) is 12.1 Å². The maximum Gasteiger partial charge on any atom is 0.282 e. The van der Waals surface area contributed by atoms with Gasteiger partial charge in [0, 0.05) is 22.6 Å². The Labute approximate surface area is 162 Å². The van der Waals surface area contributed by atoms with E-state index in [9.17, 15) is 14.9 Å². The first-order valence-electron chi connectivity index (χ1n) is 8.30. The summed E-state index contributed by atoms with van der Waals surface area (Å²) < 4.78 is 6.84. The lowest BCUT2D eigenvalue weighted by atomic mass is 10.1. The first-order valence-corrected chi connectivity index (χ1v) is 9.12. The van der Waals surface area contributed by atoms with Crippen LogP contribution in [0.2, 0.25) is 0 Å². The molecule has 0 aliphatic heterocycles. The van der Waals surface area contributed by atoms with Crippen molar-refractivity contribution in [3.8, 4) is 11.3 Å². The summed E-state index contributed by atoms with van der Waals surface area (Å²) in [7, 11) is 0. The van der Waals surface area contributed by atoms with Gasteiger partial charge >= 0.3 is 0 Å². The highest BCUT2D eigenvalue weighted by Gasteiger charge is 2.12. The molecule has 0 saturated heterocycles. The number of furan rings is 1. The standard InChI is InChI=1S/C19H14N4O4S/c1-11-12(2)28-18-17(11)19(24)22(10-20-18)21-9-15-6-7-16(27-15)13-4-3-5-14(8-13)23(25)26/h3-10H,1-2H3/b21-9+. The van der Waals surface area contributed by atoms with E-state index in [4.69, 9.17) is 4.42 Å². The second-order valence-corrected chi connectivity index (χ2v) is 7.31. The maximum atomic E-state index is 12.6. The molecule has 0 atom stereocenters. The molecule has 0 N–H and O–H groups in total. The third kappa shape index (κ3) is 3.12. The number of hydrogen-bond donors (Lipinski definition) is 0. The average Bonchev–Trinajstić information content (AvgIpc) is 3.27. The monoisotopic (exact) mass is 394 g/mol. The Bertz CT molecular complexity index is 1300. The molecule has 0 spiro atoms. The molecule has 28 heavy (non-hydrogen) atoms. The van der Waals surface area contributed by atoms with E-state index in [1.165, 1.54) is 36.0 Å². The van der Waals surface area contributed by atoms with E-state index < -0.39 is 4.92 Å². The zero-order chi connectivity index (χ0) is 19.8. The summed E-state index contributed by atoms with van der Waals surface area (Å²) in [4.78, 5) is 29.1. The molecule has 1 aromatic carbocycles. The van der Waals surface area contributed by atoms with Gasteiger partial charge in [0.1, 0.15) is 22.7 Å². The van der Waals surface area contributed by atoms with Crippen molar-refractivity contribution < 1.29 is 9.34 Å². The summed E-state index contributed by atoms with van der Waals surface area (Å²) in [5.74, 6) is 0.877. The molecular weight excluding hydrogens is 380 g/mol. The van der Waals surface area contributed by atoms with Crippen LogP contribution in [0.25, 0.3) is 21.5 Å². The molecule has 8 nitrogen and oxygen atoms in total. The highest BCUT2D eigenvalue weighted by atomic mass is 32.1. The minimum Gasteiger partial charge on any atom is -0.455 e. The van der Waals surface area contributed by atoms with Gasteiger partial charge in [0.15, 0.2) is 0 Å². The summed E-state index contributed by atoms with van der Waals surface area (Å²) in [6.07, 6.45) is 2.78. The number of benzene rings is 1. The van der Waals surface area contributed by atoms with Gasteiger partial charge in [-0.25, -0.2) is 4.98 Å². The number of aryl methyl sites for hydroxylation is 2. The number of hydrogen-bond acceptors (Lipinski definition) is 7. The molecule has 0 unspecified atom stereocenters. The number of aromatic nitrogens is 2. The fraction of sp³-hybridized carbons (Fsp3) is 0.105. The van der Waals surface area contributed by atoms with Crippen LogP contribution in [0.5, 0.6) is 0 Å². The minimum absolute atomic E-state index is 0.0172. The van der Waals surface area contributed by atoms with Crippen LogP contribution in [0.15, 0.2) is 57.0 Å². The normalized spacial score (nSPS) is 11.5. The summed E-state index contributed by atoms with van der Waals surface area (Å²) in [5.41, 5.74) is 1.23. The topological polar surface area (TPSA) is 104 Å². The van der Waals surface area contributed by atoms with Gasteiger partial charge < -0.3 is 4.42 Å². The average molecular weight is 394 g/mol. The van der Waals surface area contributed by atoms with Crippen LogP contribution in [0.1, 0.15) is 16.2 Å². The second kappa shape index (κ2) is 6.86. The lowest BCUT2D eigenvalue weighted by molar-refractivity contribution is -0.384. The molecule has 0 aliphatic carbocycles. The van der Waals surface area contributed by atoms with Crippen LogP contribution < -0.4 is 5.56 Å². The molecular formula is C19H14N4O4S. The van der Waals surface area contributed by atoms with Gasteiger partial charge in [-0.2, -0.15) is 9.78 Å². The first kappa shape index (κ1) is 17.8. The van der Waals surface area contributed by atoms with E-state index in [0.29, 0.717) is 27.3 Å². The van der Waals surface area contributed by atoms with E-state index in [1.807, 2.05) is 13.8 Å². The van der Waals surface area contributed by atoms with Crippen molar-refractivity contribution in [2.24, 2.45) is 5.10 Å². The Hall–Kier alpha value is -3.59. The predicted octanol–water partition coefficient (Wildman–Crippen LogP) is 4.13. The van der Waals surface area contributed by atoms with Crippen molar-refractivity contribution in [1.82, 2.24) is 9.66 Å². The predicted molar refractivity (Wildman–Crippen MR) is 107 cm³/mol. The van der Waals surface area contributed by atoms with Gasteiger partial charge in [-0.3, -0.25) is 14.9 Å². The SMILES string of the molecule is Cc1sc2ncn(/N=C/c3ccc(-c4cccc([N+](=O)[O-])c4)o3)c(=O)c2c1C. The van der Waals surface area contributed by atoms with E-state index in [0.717, 1.165) is 15.1 Å². The van der Waals surface area contributed by atoms with Crippen LogP contribution in [0, 0.1) is 24.0 Å². The van der Waals surface area contributed by atoms with Crippen molar-refractivity contribution in [1.29, 1.82) is 0 Å². The van der Waals surface area contributed by atoms with Gasteiger partial charge in [-0.05, 0) is 31.5 Å². The van der Waals surface area contributed by atoms with E-state index in [2.05, 4.69) is 10.1 Å². The fourth-order valence-corrected chi connectivity index (χ4v) is 3.76. The molecule has 0 fully saturated rings. The molecule has 3 aromatic heterocycles. The Morgan fingerprint density at radius 1 is 1.29 bits per heavy atom. The van der Waals surface area contributed by atoms with Crippen molar-refractivity contribution in [2.75, 3.05) is 0 Å². The lowest BCUT2D eigenvalue weighted by Crippen LogP contribution is -2.16. The third-order valence-electron chi connectivity index (χ3n) is 4.35. The number of non-ortho nitro benzene ring substituents is 1. The fourth-order valence-electron chi connectivity index (χ4n) is 2.78. The van der Waals surface area contributed by atoms with Gasteiger partial charge in [0.2, 0.25) is 0 Å². The van der Waals surface area contributed by atoms with Crippen molar-refractivity contribution >= 4 is 33.5 Å². The zero-order valence-corrected chi connectivity index (χ0v) is 15.8. The van der Waals surface area contributed by atoms with Crippen molar-refractivity contribution in [3.63, 3.8) is 0 Å². The van der Waals surface area contributed by atoms with E-state index >= 15 is 0 Å². The van der Waals surface area contributed by atoms with Crippen molar-refractivity contribution in [2.45, 2.75) is 13.8 Å². The number of nitro groups is 1. The van der Waals surface area contributed by atoms with Gasteiger partial charge in [0.25, 0.3) is 11.2 Å². The number of fused-ring (bicyclic) bond motifs is 1. The highest BCUT2D eigenvalue weighted by Crippen LogP contribution is 2.26. The van der Waals surface area contributed by atoms with Gasteiger partial charge in [0.05, 0.1) is 16.5 Å². The maximum absolute atomic E-state index is 12.6. The minimum atomic E-state index is -0.460. The Morgan fingerprint density at radius 3 is 2.89 bits per heavy atom. The van der Waals surface area contributed by atoms with Crippen LogP contribution >= 0.6 is 11.3 Å². The summed E-state index contributed by atoms with van der Waals surface area (Å²) >= 11 is 1.48. The Morgan fingerprint density at radius 2 is 2.11 bits per heavy atom. The molecule has 0 aliphatic rings. The van der Waals surface area contributed by atoms with Crippen LogP contribution in [-0.4, -0.2) is 20.8 Å². The first-order chi connectivity index (χ1) is 13.4. The summed E-state index contributed by atoms with van der Waals surface area (Å²) in [6, 6.07) is 9.53. The molecule has 0 radical (unpaired) electrons. The van der Waals surface area contributed by atoms with E-state index in [-0.39, 0.29) is 11.2 Å². The smallest absolute Gasteiger partial charge is 0.282 e. The summed E-state index contributed by atoms with van der Waals surface area (Å²) in [6.45, 7) is 3.84.